The molecule has 4 nitrogen and oxygen atoms in total. The number of benzene rings is 1. The van der Waals surface area contributed by atoms with Gasteiger partial charge in [-0.3, -0.25) is 9.59 Å². The van der Waals surface area contributed by atoms with Crippen LogP contribution in [0.4, 0.5) is 8.78 Å². The zero-order valence-electron chi connectivity index (χ0n) is 18.7. The van der Waals surface area contributed by atoms with Gasteiger partial charge in [0, 0.05) is 29.5 Å². The van der Waals surface area contributed by atoms with Crippen molar-refractivity contribution in [1.82, 2.24) is 5.32 Å². The molecule has 0 heterocycles. The first-order valence-electron chi connectivity index (χ1n) is 11.4. The van der Waals surface area contributed by atoms with E-state index in [-0.39, 0.29) is 27.4 Å². The predicted octanol–water partition coefficient (Wildman–Crippen LogP) is 6.48. The van der Waals surface area contributed by atoms with E-state index in [4.69, 9.17) is 23.2 Å². The van der Waals surface area contributed by atoms with E-state index in [1.807, 2.05) is 0 Å². The molecule has 0 saturated heterocycles. The number of halogens is 4. The molecule has 0 aromatic heterocycles. The van der Waals surface area contributed by atoms with E-state index in [1.165, 1.54) is 19.1 Å². The van der Waals surface area contributed by atoms with E-state index in [0.717, 1.165) is 0 Å². The lowest BCUT2D eigenvalue weighted by Crippen LogP contribution is -2.62. The van der Waals surface area contributed by atoms with Gasteiger partial charge in [0.25, 0.3) is 0 Å². The van der Waals surface area contributed by atoms with Gasteiger partial charge in [-0.2, -0.15) is 0 Å². The Morgan fingerprint density at radius 3 is 2.42 bits per heavy atom. The first kappa shape index (κ1) is 24.3. The minimum Gasteiger partial charge on any atom is -0.342 e. The highest BCUT2D eigenvalue weighted by Gasteiger charge is 2.60. The molecule has 2 atom stereocenters. The van der Waals surface area contributed by atoms with Crippen molar-refractivity contribution < 1.29 is 18.4 Å². The van der Waals surface area contributed by atoms with E-state index in [2.05, 4.69) is 16.9 Å². The van der Waals surface area contributed by atoms with E-state index in [1.54, 1.807) is 6.08 Å². The molecule has 2 bridgehead atoms. The highest BCUT2D eigenvalue weighted by atomic mass is 35.5. The van der Waals surface area contributed by atoms with Crippen LogP contribution in [0.1, 0.15) is 70.3 Å². The van der Waals surface area contributed by atoms with Gasteiger partial charge in [-0.25, -0.2) is 13.8 Å². The summed E-state index contributed by atoms with van der Waals surface area (Å²) >= 11 is 12.8. The third-order valence-corrected chi connectivity index (χ3v) is 8.81. The highest BCUT2D eigenvalue weighted by Crippen LogP contribution is 2.63. The van der Waals surface area contributed by atoms with Gasteiger partial charge in [0.05, 0.1) is 15.6 Å². The Labute approximate surface area is 202 Å². The van der Waals surface area contributed by atoms with Crippen molar-refractivity contribution in [3.05, 3.63) is 46.2 Å². The molecule has 1 N–H and O–H groups in total. The molecule has 4 aliphatic rings. The van der Waals surface area contributed by atoms with E-state index in [9.17, 15) is 9.59 Å². The van der Waals surface area contributed by atoms with Crippen LogP contribution in [0.2, 0.25) is 10.0 Å². The average molecular weight is 497 g/mol. The maximum atomic E-state index is 15.4. The third kappa shape index (κ3) is 4.14. The van der Waals surface area contributed by atoms with Crippen molar-refractivity contribution in [2.24, 2.45) is 16.3 Å². The van der Waals surface area contributed by atoms with E-state index in [0.29, 0.717) is 63.5 Å². The molecule has 4 saturated carbocycles. The molecular weight excluding hydrogens is 469 g/mol. The number of nitrogens with zero attached hydrogens (tertiary/aromatic N) is 1. The Balaban J connectivity index is 1.78. The van der Waals surface area contributed by atoms with Crippen molar-refractivity contribution in [2.75, 3.05) is 0 Å². The van der Waals surface area contributed by atoms with Crippen LogP contribution < -0.4 is 5.32 Å². The number of alkyl halides is 1. The topological polar surface area (TPSA) is 58.5 Å². The first-order valence-corrected chi connectivity index (χ1v) is 12.2. The van der Waals surface area contributed by atoms with Gasteiger partial charge in [-0.05, 0) is 69.9 Å². The molecular formula is C25H28Cl2F2N2O2. The number of fused-ring (bicyclic) bond motifs is 3. The zero-order chi connectivity index (χ0) is 24.0. The van der Waals surface area contributed by atoms with E-state index < -0.39 is 28.4 Å². The minimum atomic E-state index is -1.35. The molecule has 5 rings (SSSR count). The second kappa shape index (κ2) is 8.77. The third-order valence-electron chi connectivity index (χ3n) is 8.01. The Kier molecular flexibility index (Phi) is 6.47. The number of carbonyl (C=O) groups excluding carboxylic acids is 2. The summed E-state index contributed by atoms with van der Waals surface area (Å²) in [6.07, 6.45) is 5.47. The smallest absolute Gasteiger partial charge is 0.242 e. The Bertz CT molecular complexity index is 1020. The summed E-state index contributed by atoms with van der Waals surface area (Å²) in [7, 11) is 0. The van der Waals surface area contributed by atoms with Crippen LogP contribution >= 0.6 is 23.2 Å². The number of nitrogens with one attached hydrogen (secondary N) is 1. The lowest BCUT2D eigenvalue weighted by Gasteiger charge is -2.58. The number of carbonyl (C=O) groups is 2. The quantitative estimate of drug-likeness (QED) is 0.374. The lowest BCUT2D eigenvalue weighted by molar-refractivity contribution is -0.132. The summed E-state index contributed by atoms with van der Waals surface area (Å²) in [5.74, 6) is -1.58. The van der Waals surface area contributed by atoms with Crippen LogP contribution in [0, 0.1) is 17.2 Å². The van der Waals surface area contributed by atoms with Gasteiger partial charge in [0.15, 0.2) is 0 Å². The van der Waals surface area contributed by atoms with Gasteiger partial charge >= 0.3 is 0 Å². The molecule has 0 unspecified atom stereocenters. The van der Waals surface area contributed by atoms with Crippen molar-refractivity contribution in [2.45, 2.75) is 75.9 Å². The van der Waals surface area contributed by atoms with Gasteiger partial charge in [-0.1, -0.05) is 29.3 Å². The van der Waals surface area contributed by atoms with Crippen LogP contribution in [0.5, 0.6) is 0 Å². The number of hydrogen-bond donors (Lipinski definition) is 1. The van der Waals surface area contributed by atoms with Crippen molar-refractivity contribution in [1.29, 1.82) is 0 Å². The van der Waals surface area contributed by atoms with Crippen LogP contribution in [0.15, 0.2) is 29.8 Å². The van der Waals surface area contributed by atoms with Crippen LogP contribution in [-0.4, -0.2) is 23.2 Å². The summed E-state index contributed by atoms with van der Waals surface area (Å²) in [5.41, 5.74) is -2.42. The second-order valence-electron chi connectivity index (χ2n) is 9.79. The number of rotatable bonds is 5. The average Bonchev–Trinajstić information content (AvgIpc) is 3.24. The maximum absolute atomic E-state index is 15.4. The molecule has 8 heteroatoms. The zero-order valence-corrected chi connectivity index (χ0v) is 20.2. The van der Waals surface area contributed by atoms with Crippen LogP contribution in [-0.2, 0) is 15.1 Å². The van der Waals surface area contributed by atoms with Crippen LogP contribution in [0.25, 0.3) is 0 Å². The van der Waals surface area contributed by atoms with Crippen molar-refractivity contribution in [3.63, 3.8) is 0 Å². The monoisotopic (exact) mass is 496 g/mol. The molecule has 4 fully saturated rings. The summed E-state index contributed by atoms with van der Waals surface area (Å²) in [6.45, 7) is 5.39. The summed E-state index contributed by atoms with van der Waals surface area (Å²) < 4.78 is 30.4. The number of amides is 2. The fourth-order valence-electron chi connectivity index (χ4n) is 6.12. The molecule has 0 radical (unpaired) electrons. The van der Waals surface area contributed by atoms with Gasteiger partial charge in [0.2, 0.25) is 11.8 Å². The number of aliphatic imine (C=N–C) groups is 1. The standard InChI is InChI=1S/C25H28Cl2F2N2O2/c1-3-25(20-19(28)7-6-18(26)21(20)27,23-8-11-24(29,12-9-23)13-10-23)31-22(33)16-4-5-17(14-16)30-15(2)32/h3,6-7,16H,1,4-5,8-14H2,2H3,(H,31,33)/t16-,23?,24?,25+/m0/s1. The van der Waals surface area contributed by atoms with Crippen molar-refractivity contribution >= 4 is 40.7 Å². The molecule has 0 spiro atoms. The SMILES string of the molecule is C=C[C@@](NC(=O)[C@H]1CCC(=NC(C)=O)C1)(c1c(F)ccc(Cl)c1Cl)C12CCC(F)(CC1)CC2. The molecule has 4 aliphatic carbocycles. The lowest BCUT2D eigenvalue weighted by atomic mass is 9.50. The highest BCUT2D eigenvalue weighted by molar-refractivity contribution is 6.42. The molecule has 33 heavy (non-hydrogen) atoms. The fourth-order valence-corrected chi connectivity index (χ4v) is 6.58. The van der Waals surface area contributed by atoms with Gasteiger partial charge < -0.3 is 5.32 Å². The van der Waals surface area contributed by atoms with E-state index >= 15 is 8.78 Å². The predicted molar refractivity (Wildman–Crippen MR) is 126 cm³/mol. The molecule has 178 valence electrons. The molecule has 1 aromatic carbocycles. The molecule has 2 amide bonds. The summed E-state index contributed by atoms with van der Waals surface area (Å²) in [6, 6.07) is 2.62. The Morgan fingerprint density at radius 1 is 1.21 bits per heavy atom. The number of hydrogen-bond acceptors (Lipinski definition) is 2. The second-order valence-corrected chi connectivity index (χ2v) is 10.6. The van der Waals surface area contributed by atoms with Gasteiger partial charge in [-0.15, -0.1) is 6.58 Å². The molecule has 0 aliphatic heterocycles. The fraction of sp³-hybridized carbons (Fsp3) is 0.560. The normalized spacial score (nSPS) is 31.9. The minimum absolute atomic E-state index is 0.0270. The van der Waals surface area contributed by atoms with Gasteiger partial charge in [0.1, 0.15) is 11.5 Å². The maximum Gasteiger partial charge on any atom is 0.242 e. The largest absolute Gasteiger partial charge is 0.342 e. The van der Waals surface area contributed by atoms with Crippen molar-refractivity contribution in [3.8, 4) is 0 Å². The Morgan fingerprint density at radius 2 is 1.85 bits per heavy atom. The molecule has 1 aromatic rings. The van der Waals surface area contributed by atoms with Crippen LogP contribution in [0.3, 0.4) is 0 Å². The Hall–Kier alpha value is -1.79. The summed E-state index contributed by atoms with van der Waals surface area (Å²) in [5, 5.41) is 3.32. The summed E-state index contributed by atoms with van der Waals surface area (Å²) in [4.78, 5) is 28.9. The first-order chi connectivity index (χ1) is 15.5.